The average Bonchev–Trinajstić information content (AvgIpc) is 3.10. The molecule has 2 bridgehead atoms. The van der Waals surface area contributed by atoms with E-state index >= 15 is 0 Å². The van der Waals surface area contributed by atoms with Gasteiger partial charge in [-0.05, 0) is 74.0 Å². The molecule has 3 aliphatic carbocycles. The zero-order valence-corrected chi connectivity index (χ0v) is 12.9. The van der Waals surface area contributed by atoms with E-state index in [0.717, 1.165) is 34.7 Å². The van der Waals surface area contributed by atoms with Crippen LogP contribution in [0.1, 0.15) is 50.6 Å². The Kier molecular flexibility index (Phi) is 3.31. The monoisotopic (exact) mass is 289 g/mol. The van der Waals surface area contributed by atoms with Crippen LogP contribution in [-0.2, 0) is 0 Å². The van der Waals surface area contributed by atoms with Crippen molar-refractivity contribution in [1.29, 1.82) is 0 Å². The molecule has 3 aliphatic rings. The third-order valence-electron chi connectivity index (χ3n) is 6.24. The molecule has 5 unspecified atom stereocenters. The average molecular weight is 290 g/mol. The predicted molar refractivity (Wildman–Crippen MR) is 83.8 cm³/mol. The third-order valence-corrected chi connectivity index (χ3v) is 6.48. The molecule has 1 aromatic carbocycles. The summed E-state index contributed by atoms with van der Waals surface area (Å²) in [5, 5.41) is 4.75. The highest BCUT2D eigenvalue weighted by atomic mass is 35.5. The molecule has 0 heterocycles. The molecule has 0 radical (unpaired) electrons. The topological polar surface area (TPSA) is 12.0 Å². The van der Waals surface area contributed by atoms with Gasteiger partial charge in [0.05, 0.1) is 0 Å². The molecule has 1 aromatic rings. The van der Waals surface area contributed by atoms with Gasteiger partial charge in [0.15, 0.2) is 0 Å². The molecule has 6 atom stereocenters. The lowest BCUT2D eigenvalue weighted by molar-refractivity contribution is 0.200. The summed E-state index contributed by atoms with van der Waals surface area (Å²) in [6.45, 7) is 2.28. The molecular weight excluding hydrogens is 266 g/mol. The van der Waals surface area contributed by atoms with Crippen molar-refractivity contribution < 1.29 is 0 Å². The molecule has 3 saturated carbocycles. The van der Waals surface area contributed by atoms with E-state index in [1.807, 2.05) is 6.07 Å². The Morgan fingerprint density at radius 2 is 2.00 bits per heavy atom. The molecule has 0 spiro atoms. The van der Waals surface area contributed by atoms with Gasteiger partial charge in [-0.15, -0.1) is 0 Å². The number of rotatable bonds is 3. The van der Waals surface area contributed by atoms with Crippen molar-refractivity contribution >= 4 is 11.6 Å². The van der Waals surface area contributed by atoms with Crippen molar-refractivity contribution in [3.63, 3.8) is 0 Å². The van der Waals surface area contributed by atoms with Gasteiger partial charge in [0, 0.05) is 17.1 Å². The zero-order chi connectivity index (χ0) is 13.7. The van der Waals surface area contributed by atoms with Crippen LogP contribution in [0.2, 0.25) is 5.02 Å². The Balaban J connectivity index is 1.45. The Bertz CT molecular complexity index is 500. The Labute approximate surface area is 127 Å². The second-order valence-electron chi connectivity index (χ2n) is 7.20. The van der Waals surface area contributed by atoms with Crippen LogP contribution in [0.25, 0.3) is 0 Å². The van der Waals surface area contributed by atoms with Gasteiger partial charge in [-0.25, -0.2) is 0 Å². The highest BCUT2D eigenvalue weighted by molar-refractivity contribution is 6.30. The fourth-order valence-electron chi connectivity index (χ4n) is 5.45. The van der Waals surface area contributed by atoms with Gasteiger partial charge < -0.3 is 5.32 Å². The summed E-state index contributed by atoms with van der Waals surface area (Å²) in [5.74, 6) is 4.10. The van der Waals surface area contributed by atoms with Crippen LogP contribution in [0.5, 0.6) is 0 Å². The minimum absolute atomic E-state index is 0.415. The summed E-state index contributed by atoms with van der Waals surface area (Å²) in [6, 6.07) is 9.47. The van der Waals surface area contributed by atoms with Gasteiger partial charge in [-0.1, -0.05) is 30.2 Å². The molecule has 108 valence electrons. The molecule has 1 nitrogen and oxygen atoms in total. The molecule has 4 rings (SSSR count). The van der Waals surface area contributed by atoms with Gasteiger partial charge in [-0.3, -0.25) is 0 Å². The van der Waals surface area contributed by atoms with Gasteiger partial charge >= 0.3 is 0 Å². The first kappa shape index (κ1) is 13.2. The lowest BCUT2D eigenvalue weighted by Gasteiger charge is -2.34. The maximum Gasteiger partial charge on any atom is 0.0409 e. The highest BCUT2D eigenvalue weighted by Gasteiger charge is 2.53. The zero-order valence-electron chi connectivity index (χ0n) is 12.2. The summed E-state index contributed by atoms with van der Waals surface area (Å²) < 4.78 is 0. The van der Waals surface area contributed by atoms with E-state index in [-0.39, 0.29) is 0 Å². The Morgan fingerprint density at radius 1 is 1.15 bits per heavy atom. The van der Waals surface area contributed by atoms with Crippen molar-refractivity contribution in [3.8, 4) is 0 Å². The van der Waals surface area contributed by atoms with Crippen molar-refractivity contribution in [3.05, 3.63) is 34.9 Å². The largest absolute Gasteiger partial charge is 0.307 e. The summed E-state index contributed by atoms with van der Waals surface area (Å²) in [5.41, 5.74) is 1.32. The Hall–Kier alpha value is -0.530. The van der Waals surface area contributed by atoms with E-state index in [2.05, 4.69) is 30.4 Å². The molecule has 0 amide bonds. The number of fused-ring (bicyclic) bond motifs is 5. The Morgan fingerprint density at radius 3 is 2.85 bits per heavy atom. The molecule has 2 heteroatoms. The third kappa shape index (κ3) is 2.10. The van der Waals surface area contributed by atoms with Gasteiger partial charge in [0.25, 0.3) is 0 Å². The number of halogens is 1. The second kappa shape index (κ2) is 5.03. The standard InChI is InChI=1S/C18H24ClN/c1-11(12-4-2-5-14(19)8-12)20-18-10-13-9-17(18)16-7-3-6-15(13)16/h2,4-5,8,11,13,15-18,20H,3,6-7,9-10H2,1H3/t11-,13?,15?,16?,17?,18?/m0/s1. The van der Waals surface area contributed by atoms with Crippen molar-refractivity contribution in [2.75, 3.05) is 0 Å². The van der Waals surface area contributed by atoms with E-state index < -0.39 is 0 Å². The predicted octanol–water partition coefficient (Wildman–Crippen LogP) is 4.82. The van der Waals surface area contributed by atoms with E-state index in [4.69, 9.17) is 11.6 Å². The molecule has 1 N–H and O–H groups in total. The summed E-state index contributed by atoms with van der Waals surface area (Å²) >= 11 is 6.11. The normalized spacial score (nSPS) is 40.0. The fourth-order valence-corrected chi connectivity index (χ4v) is 5.65. The van der Waals surface area contributed by atoms with Crippen LogP contribution in [0.4, 0.5) is 0 Å². The van der Waals surface area contributed by atoms with Crippen LogP contribution in [0.15, 0.2) is 24.3 Å². The van der Waals surface area contributed by atoms with E-state index in [1.165, 1.54) is 37.7 Å². The van der Waals surface area contributed by atoms with Crippen LogP contribution < -0.4 is 5.32 Å². The number of nitrogens with one attached hydrogen (secondary N) is 1. The summed E-state index contributed by atoms with van der Waals surface area (Å²) in [4.78, 5) is 0. The molecule has 0 aromatic heterocycles. The first-order valence-corrected chi connectivity index (χ1v) is 8.61. The van der Waals surface area contributed by atoms with Crippen molar-refractivity contribution in [2.24, 2.45) is 23.7 Å². The minimum Gasteiger partial charge on any atom is -0.307 e. The van der Waals surface area contributed by atoms with Crippen molar-refractivity contribution in [2.45, 2.75) is 51.1 Å². The fraction of sp³-hybridized carbons (Fsp3) is 0.667. The summed E-state index contributed by atoms with van der Waals surface area (Å²) in [7, 11) is 0. The van der Waals surface area contributed by atoms with Gasteiger partial charge in [0.2, 0.25) is 0 Å². The number of benzene rings is 1. The molecule has 20 heavy (non-hydrogen) atoms. The smallest absolute Gasteiger partial charge is 0.0409 e. The highest BCUT2D eigenvalue weighted by Crippen LogP contribution is 2.58. The quantitative estimate of drug-likeness (QED) is 0.841. The van der Waals surface area contributed by atoms with Crippen LogP contribution in [0, 0.1) is 23.7 Å². The number of hydrogen-bond donors (Lipinski definition) is 1. The maximum absolute atomic E-state index is 6.11. The lowest BCUT2D eigenvalue weighted by atomic mass is 9.79. The van der Waals surface area contributed by atoms with Gasteiger partial charge in [0.1, 0.15) is 0 Å². The first-order chi connectivity index (χ1) is 9.72. The van der Waals surface area contributed by atoms with Gasteiger partial charge in [-0.2, -0.15) is 0 Å². The summed E-state index contributed by atoms with van der Waals surface area (Å²) in [6.07, 6.45) is 7.41. The minimum atomic E-state index is 0.415. The first-order valence-electron chi connectivity index (χ1n) is 8.24. The molecular formula is C18H24ClN. The van der Waals surface area contributed by atoms with Crippen LogP contribution in [0.3, 0.4) is 0 Å². The maximum atomic E-state index is 6.11. The van der Waals surface area contributed by atoms with Crippen molar-refractivity contribution in [1.82, 2.24) is 5.32 Å². The molecule has 0 aliphatic heterocycles. The van der Waals surface area contributed by atoms with Crippen LogP contribution in [-0.4, -0.2) is 6.04 Å². The van der Waals surface area contributed by atoms with E-state index in [1.54, 1.807) is 0 Å². The number of hydrogen-bond acceptors (Lipinski definition) is 1. The van der Waals surface area contributed by atoms with E-state index in [9.17, 15) is 0 Å². The van der Waals surface area contributed by atoms with Crippen LogP contribution >= 0.6 is 11.6 Å². The molecule has 0 saturated heterocycles. The second-order valence-corrected chi connectivity index (χ2v) is 7.64. The molecule has 3 fully saturated rings. The lowest BCUT2D eigenvalue weighted by Crippen LogP contribution is -2.40. The SMILES string of the molecule is C[C@H](NC1CC2CC1C1CCCC21)c1cccc(Cl)c1. The van der Waals surface area contributed by atoms with E-state index in [0.29, 0.717) is 6.04 Å².